The van der Waals surface area contributed by atoms with Crippen molar-refractivity contribution in [3.63, 3.8) is 0 Å². The molecule has 1 unspecified atom stereocenters. The van der Waals surface area contributed by atoms with E-state index in [0.717, 1.165) is 7.11 Å². The second-order valence-corrected chi connectivity index (χ2v) is 8.23. The highest BCUT2D eigenvalue weighted by atomic mass is 79.9. The van der Waals surface area contributed by atoms with Crippen LogP contribution in [-0.2, 0) is 23.6 Å². The molecule has 0 aliphatic heterocycles. The Labute approximate surface area is 138 Å². The van der Waals surface area contributed by atoms with Gasteiger partial charge in [0.25, 0.3) is 4.21 Å². The lowest BCUT2D eigenvalue weighted by atomic mass is 10.1. The number of benzene rings is 1. The Kier molecular flexibility index (Phi) is 5.91. The van der Waals surface area contributed by atoms with Gasteiger partial charge >= 0.3 is 12.1 Å². The number of halogens is 5. The molecule has 4 nitrogen and oxygen atoms in total. The molecule has 0 radical (unpaired) electrons. The summed E-state index contributed by atoms with van der Waals surface area (Å²) in [6.45, 7) is 0. The summed E-state index contributed by atoms with van der Waals surface area (Å²) in [6.07, 6.45) is -6.31. The number of carbonyl (C=O) groups excluding carboxylic acids is 1. The largest absolute Gasteiger partial charge is 0.467 e. The molecule has 0 aliphatic rings. The van der Waals surface area contributed by atoms with Crippen molar-refractivity contribution >= 4 is 43.3 Å². The summed E-state index contributed by atoms with van der Waals surface area (Å²) in [4.78, 5) is 11.9. The zero-order chi connectivity index (χ0) is 17.2. The Morgan fingerprint density at radius 1 is 1.27 bits per heavy atom. The topological polar surface area (TPSA) is 60.4 Å². The van der Waals surface area contributed by atoms with Gasteiger partial charge in [-0.25, -0.2) is 13.2 Å². The van der Waals surface area contributed by atoms with Crippen LogP contribution in [-0.4, -0.2) is 33.4 Å². The van der Waals surface area contributed by atoms with Crippen molar-refractivity contribution < 1.29 is 31.1 Å². The third-order valence-electron chi connectivity index (χ3n) is 2.75. The first-order valence-corrected chi connectivity index (χ1v) is 8.59. The van der Waals surface area contributed by atoms with Crippen molar-refractivity contribution in [1.29, 1.82) is 0 Å². The number of ether oxygens (including phenoxy) is 1. The van der Waals surface area contributed by atoms with Gasteiger partial charge in [-0.1, -0.05) is 39.7 Å². The van der Waals surface area contributed by atoms with Gasteiger partial charge in [-0.05, 0) is 17.7 Å². The van der Waals surface area contributed by atoms with E-state index in [-0.39, 0.29) is 5.56 Å². The van der Waals surface area contributed by atoms with Crippen LogP contribution in [0.15, 0.2) is 28.7 Å². The monoisotopic (exact) mass is 422 g/mol. The van der Waals surface area contributed by atoms with E-state index in [1.165, 1.54) is 24.3 Å². The quantitative estimate of drug-likeness (QED) is 0.538. The van der Waals surface area contributed by atoms with E-state index >= 15 is 0 Å². The second kappa shape index (κ2) is 6.76. The smallest absolute Gasteiger partial charge is 0.390 e. The summed E-state index contributed by atoms with van der Waals surface area (Å²) in [5.74, 6) is -2.69. The van der Waals surface area contributed by atoms with Crippen LogP contribution in [0.1, 0.15) is 12.0 Å². The van der Waals surface area contributed by atoms with Crippen molar-refractivity contribution in [2.75, 3.05) is 12.9 Å². The van der Waals surface area contributed by atoms with E-state index in [2.05, 4.69) is 20.7 Å². The van der Waals surface area contributed by atoms with Gasteiger partial charge in [0.1, 0.15) is 0 Å². The first-order valence-electron chi connectivity index (χ1n) is 5.76. The first-order chi connectivity index (χ1) is 9.94. The molecule has 1 aromatic carbocycles. The third kappa shape index (κ3) is 4.14. The zero-order valence-corrected chi connectivity index (χ0v) is 14.3. The lowest BCUT2D eigenvalue weighted by molar-refractivity contribution is -0.141. The van der Waals surface area contributed by atoms with Crippen molar-refractivity contribution in [3.8, 4) is 0 Å². The van der Waals surface area contributed by atoms with Gasteiger partial charge in [0, 0.05) is 4.47 Å². The molecule has 0 aliphatic carbocycles. The molecule has 0 saturated carbocycles. The fourth-order valence-electron chi connectivity index (χ4n) is 1.61. The lowest BCUT2D eigenvalue weighted by Gasteiger charge is -2.25. The molecule has 0 fully saturated rings. The van der Waals surface area contributed by atoms with Crippen LogP contribution >= 0.6 is 27.5 Å². The van der Waals surface area contributed by atoms with E-state index in [4.69, 9.17) is 11.6 Å². The Balaban J connectivity index is 3.33. The molecule has 1 atom stereocenters. The van der Waals surface area contributed by atoms with Crippen LogP contribution in [0.5, 0.6) is 0 Å². The van der Waals surface area contributed by atoms with E-state index in [1.807, 2.05) is 0 Å². The molecule has 1 rings (SSSR count). The molecular weight excluding hydrogens is 413 g/mol. The number of alkyl halides is 4. The van der Waals surface area contributed by atoms with Gasteiger partial charge in [-0.15, -0.1) is 0 Å². The summed E-state index contributed by atoms with van der Waals surface area (Å²) >= 11 is 9.06. The van der Waals surface area contributed by atoms with Crippen LogP contribution in [0.25, 0.3) is 0 Å². The number of sulfone groups is 1. The SMILES string of the molecule is COC(=O)C(Cl)(c1ccc(Br)cc1)S(=O)(=O)CCC(F)(F)F. The van der Waals surface area contributed by atoms with Crippen LogP contribution < -0.4 is 0 Å². The molecule has 0 N–H and O–H groups in total. The average Bonchev–Trinajstić information content (AvgIpc) is 2.43. The van der Waals surface area contributed by atoms with Gasteiger partial charge < -0.3 is 4.74 Å². The summed E-state index contributed by atoms with van der Waals surface area (Å²) < 4.78 is 63.6. The Hall–Kier alpha value is -0.800. The molecule has 0 amide bonds. The highest BCUT2D eigenvalue weighted by Crippen LogP contribution is 2.39. The number of carbonyl (C=O) groups is 1. The molecule has 0 saturated heterocycles. The Bertz CT molecular complexity index is 645. The number of hydrogen-bond donors (Lipinski definition) is 0. The molecule has 0 bridgehead atoms. The van der Waals surface area contributed by atoms with E-state index < -0.39 is 38.4 Å². The standard InChI is InChI=1S/C12H11BrClF3O4S/c1-21-10(18)12(14,8-2-4-9(13)5-3-8)22(19,20)7-6-11(15,16)17/h2-5H,6-7H2,1H3. The maximum Gasteiger partial charge on any atom is 0.390 e. The predicted octanol–water partition coefficient (Wildman–Crippen LogP) is 3.38. The van der Waals surface area contributed by atoms with E-state index in [0.29, 0.717) is 4.47 Å². The third-order valence-corrected chi connectivity index (χ3v) is 6.35. The molecular formula is C12H11BrClF3O4S. The van der Waals surface area contributed by atoms with Gasteiger partial charge in [0.15, 0.2) is 9.84 Å². The highest BCUT2D eigenvalue weighted by Gasteiger charge is 2.52. The fourth-order valence-corrected chi connectivity index (χ4v) is 3.92. The molecule has 0 aromatic heterocycles. The molecule has 0 heterocycles. The normalized spacial score (nSPS) is 15.2. The molecule has 22 heavy (non-hydrogen) atoms. The highest BCUT2D eigenvalue weighted by molar-refractivity contribution is 9.10. The van der Waals surface area contributed by atoms with Gasteiger partial charge in [0.2, 0.25) is 0 Å². The van der Waals surface area contributed by atoms with Crippen LogP contribution in [0.3, 0.4) is 0 Å². The summed E-state index contributed by atoms with van der Waals surface area (Å²) in [7, 11) is -3.78. The van der Waals surface area contributed by atoms with Crippen molar-refractivity contribution in [3.05, 3.63) is 34.3 Å². The first kappa shape index (κ1) is 19.2. The number of esters is 1. The summed E-state index contributed by atoms with van der Waals surface area (Å²) in [5.41, 5.74) is -0.189. The molecule has 124 valence electrons. The predicted molar refractivity (Wildman–Crippen MR) is 78.1 cm³/mol. The minimum atomic E-state index is -4.69. The number of rotatable bonds is 5. The summed E-state index contributed by atoms with van der Waals surface area (Å²) in [5, 5.41) is 0. The van der Waals surface area contributed by atoms with Gasteiger partial charge in [-0.3, -0.25) is 0 Å². The minimum Gasteiger partial charge on any atom is -0.467 e. The molecule has 10 heteroatoms. The van der Waals surface area contributed by atoms with E-state index in [9.17, 15) is 26.4 Å². The minimum absolute atomic E-state index is 0.189. The van der Waals surface area contributed by atoms with E-state index in [1.54, 1.807) is 0 Å². The van der Waals surface area contributed by atoms with Crippen LogP contribution in [0, 0.1) is 0 Å². The van der Waals surface area contributed by atoms with Crippen molar-refractivity contribution in [2.45, 2.75) is 16.8 Å². The number of methoxy groups -OCH3 is 1. The number of hydrogen-bond acceptors (Lipinski definition) is 4. The molecule has 0 spiro atoms. The lowest BCUT2D eigenvalue weighted by Crippen LogP contribution is -2.41. The average molecular weight is 424 g/mol. The second-order valence-electron chi connectivity index (χ2n) is 4.28. The zero-order valence-electron chi connectivity index (χ0n) is 11.2. The van der Waals surface area contributed by atoms with Gasteiger partial charge in [-0.2, -0.15) is 13.2 Å². The Morgan fingerprint density at radius 3 is 2.18 bits per heavy atom. The fraction of sp³-hybridized carbons (Fsp3) is 0.417. The van der Waals surface area contributed by atoms with Crippen LogP contribution in [0.2, 0.25) is 0 Å². The maximum atomic E-state index is 12.3. The van der Waals surface area contributed by atoms with Crippen molar-refractivity contribution in [2.24, 2.45) is 0 Å². The van der Waals surface area contributed by atoms with Crippen LogP contribution in [0.4, 0.5) is 13.2 Å². The summed E-state index contributed by atoms with van der Waals surface area (Å²) in [6, 6.07) is 5.27. The van der Waals surface area contributed by atoms with Gasteiger partial charge in [0.05, 0.1) is 19.3 Å². The Morgan fingerprint density at radius 2 is 1.77 bits per heavy atom. The molecule has 1 aromatic rings. The van der Waals surface area contributed by atoms with Crippen molar-refractivity contribution in [1.82, 2.24) is 0 Å². The maximum absolute atomic E-state index is 12.3.